The van der Waals surface area contributed by atoms with Gasteiger partial charge in [0.2, 0.25) is 5.91 Å². The van der Waals surface area contributed by atoms with Crippen LogP contribution < -0.4 is 0 Å². The summed E-state index contributed by atoms with van der Waals surface area (Å²) in [7, 11) is 0. The van der Waals surface area contributed by atoms with Gasteiger partial charge in [-0.05, 0) is 31.4 Å². The number of hydrogen-bond donors (Lipinski definition) is 0. The van der Waals surface area contributed by atoms with Crippen LogP contribution in [0.1, 0.15) is 36.5 Å². The lowest BCUT2D eigenvalue weighted by Crippen LogP contribution is -2.38. The van der Waals surface area contributed by atoms with Gasteiger partial charge in [0.15, 0.2) is 5.65 Å². The summed E-state index contributed by atoms with van der Waals surface area (Å²) in [6, 6.07) is 3.59. The molecule has 2 aromatic heterocycles. The molecule has 0 saturated carbocycles. The highest BCUT2D eigenvalue weighted by atomic mass is 16.2. The summed E-state index contributed by atoms with van der Waals surface area (Å²) in [5.41, 5.74) is 0.737. The first kappa shape index (κ1) is 15.1. The normalized spacial score (nSPS) is 23.8. The predicted octanol–water partition coefficient (Wildman–Crippen LogP) is 1.20. The number of likely N-dealkylation sites (tertiary alicyclic amines) is 2. The quantitative estimate of drug-likeness (QED) is 0.849. The van der Waals surface area contributed by atoms with E-state index in [0.717, 1.165) is 32.4 Å². The third kappa shape index (κ3) is 2.18. The first-order valence-corrected chi connectivity index (χ1v) is 8.52. The second kappa shape index (κ2) is 5.58. The van der Waals surface area contributed by atoms with E-state index in [0.29, 0.717) is 24.3 Å². The minimum Gasteiger partial charge on any atom is -0.342 e. The van der Waals surface area contributed by atoms with Crippen molar-refractivity contribution in [3.63, 3.8) is 0 Å². The standard InChI is InChI=1S/C17H21N5O2/c1-2-7-20-9-5-17(16(20)24)6-10-21(11-17)15(23)13-4-3-8-22-12-18-19-14(13)22/h3-4,8,12H,2,5-7,9-11H2,1H3. The first-order valence-electron chi connectivity index (χ1n) is 8.52. The molecule has 1 spiro atoms. The van der Waals surface area contributed by atoms with Crippen LogP contribution >= 0.6 is 0 Å². The fourth-order valence-corrected chi connectivity index (χ4v) is 3.99. The molecular weight excluding hydrogens is 306 g/mol. The second-order valence-electron chi connectivity index (χ2n) is 6.78. The molecule has 0 aromatic carbocycles. The molecule has 0 N–H and O–H groups in total. The van der Waals surface area contributed by atoms with Crippen LogP contribution in [0.5, 0.6) is 0 Å². The van der Waals surface area contributed by atoms with Gasteiger partial charge in [0.1, 0.15) is 6.33 Å². The van der Waals surface area contributed by atoms with Crippen molar-refractivity contribution < 1.29 is 9.59 Å². The van der Waals surface area contributed by atoms with E-state index in [1.165, 1.54) is 0 Å². The molecule has 7 heteroatoms. The molecule has 126 valence electrons. The Morgan fingerprint density at radius 3 is 3.00 bits per heavy atom. The van der Waals surface area contributed by atoms with E-state index in [9.17, 15) is 9.59 Å². The number of hydrogen-bond acceptors (Lipinski definition) is 4. The molecule has 2 aromatic rings. The minimum absolute atomic E-state index is 0.0628. The van der Waals surface area contributed by atoms with Crippen LogP contribution in [0.15, 0.2) is 24.7 Å². The molecular formula is C17H21N5O2. The summed E-state index contributed by atoms with van der Waals surface area (Å²) in [6.45, 7) is 4.85. The highest BCUT2D eigenvalue weighted by Gasteiger charge is 2.51. The fraction of sp³-hybridized carbons (Fsp3) is 0.529. The molecule has 2 aliphatic rings. The van der Waals surface area contributed by atoms with Gasteiger partial charge in [-0.15, -0.1) is 10.2 Å². The van der Waals surface area contributed by atoms with Crippen molar-refractivity contribution in [1.29, 1.82) is 0 Å². The third-order valence-electron chi connectivity index (χ3n) is 5.29. The Morgan fingerprint density at radius 2 is 2.17 bits per heavy atom. The SMILES string of the molecule is CCCN1CCC2(CCN(C(=O)c3cccn4cnnc34)C2)C1=O. The zero-order valence-electron chi connectivity index (χ0n) is 13.8. The Morgan fingerprint density at radius 1 is 1.33 bits per heavy atom. The highest BCUT2D eigenvalue weighted by molar-refractivity contribution is 6.00. The van der Waals surface area contributed by atoms with Crippen molar-refractivity contribution in [1.82, 2.24) is 24.4 Å². The van der Waals surface area contributed by atoms with Crippen molar-refractivity contribution in [3.05, 3.63) is 30.2 Å². The average molecular weight is 327 g/mol. The number of nitrogens with zero attached hydrogens (tertiary/aromatic N) is 5. The molecule has 4 rings (SSSR count). The Hall–Kier alpha value is -2.44. The van der Waals surface area contributed by atoms with Crippen molar-refractivity contribution in [2.24, 2.45) is 5.41 Å². The molecule has 2 saturated heterocycles. The molecule has 2 amide bonds. The van der Waals surface area contributed by atoms with Gasteiger partial charge < -0.3 is 9.80 Å². The van der Waals surface area contributed by atoms with Crippen molar-refractivity contribution >= 4 is 17.5 Å². The van der Waals surface area contributed by atoms with Crippen LogP contribution in [-0.4, -0.2) is 62.4 Å². The third-order valence-corrected chi connectivity index (χ3v) is 5.29. The van der Waals surface area contributed by atoms with Crippen LogP contribution in [0, 0.1) is 5.41 Å². The Kier molecular flexibility index (Phi) is 3.51. The van der Waals surface area contributed by atoms with E-state index in [1.807, 2.05) is 17.2 Å². The van der Waals surface area contributed by atoms with Crippen molar-refractivity contribution in [2.45, 2.75) is 26.2 Å². The lowest BCUT2D eigenvalue weighted by molar-refractivity contribution is -0.135. The number of amides is 2. The van der Waals surface area contributed by atoms with Gasteiger partial charge in [0.25, 0.3) is 5.91 Å². The maximum absolute atomic E-state index is 12.9. The summed E-state index contributed by atoms with van der Waals surface area (Å²) in [4.78, 5) is 29.4. The van der Waals surface area contributed by atoms with E-state index in [4.69, 9.17) is 0 Å². The van der Waals surface area contributed by atoms with Gasteiger partial charge in [-0.2, -0.15) is 0 Å². The summed E-state index contributed by atoms with van der Waals surface area (Å²) < 4.78 is 1.74. The molecule has 2 aliphatic heterocycles. The summed E-state index contributed by atoms with van der Waals surface area (Å²) in [5, 5.41) is 7.91. The molecule has 2 fully saturated rings. The van der Waals surface area contributed by atoms with Crippen LogP contribution in [0.25, 0.3) is 5.65 Å². The van der Waals surface area contributed by atoms with E-state index in [2.05, 4.69) is 17.1 Å². The smallest absolute Gasteiger partial charge is 0.257 e. The predicted molar refractivity (Wildman–Crippen MR) is 87.4 cm³/mol. The van der Waals surface area contributed by atoms with Crippen LogP contribution in [-0.2, 0) is 4.79 Å². The lowest BCUT2D eigenvalue weighted by atomic mass is 9.85. The minimum atomic E-state index is -0.371. The zero-order valence-corrected chi connectivity index (χ0v) is 13.8. The molecule has 7 nitrogen and oxygen atoms in total. The van der Waals surface area contributed by atoms with Gasteiger partial charge >= 0.3 is 0 Å². The number of fused-ring (bicyclic) bond motifs is 1. The van der Waals surface area contributed by atoms with Gasteiger partial charge in [-0.1, -0.05) is 6.92 Å². The fourth-order valence-electron chi connectivity index (χ4n) is 3.99. The Bertz CT molecular complexity index is 801. The monoisotopic (exact) mass is 327 g/mol. The second-order valence-corrected chi connectivity index (χ2v) is 6.78. The summed E-state index contributed by atoms with van der Waals surface area (Å²) >= 11 is 0. The highest BCUT2D eigenvalue weighted by Crippen LogP contribution is 2.41. The van der Waals surface area contributed by atoms with E-state index < -0.39 is 0 Å². The van der Waals surface area contributed by atoms with Crippen molar-refractivity contribution in [2.75, 3.05) is 26.2 Å². The van der Waals surface area contributed by atoms with Gasteiger partial charge in [0, 0.05) is 32.4 Å². The van der Waals surface area contributed by atoms with E-state index in [1.54, 1.807) is 21.7 Å². The summed E-state index contributed by atoms with van der Waals surface area (Å²) in [5.74, 6) is 0.160. The average Bonchev–Trinajstić information content (AvgIpc) is 3.30. The van der Waals surface area contributed by atoms with E-state index in [-0.39, 0.29) is 17.2 Å². The number of carbonyl (C=O) groups excluding carboxylic acids is 2. The number of rotatable bonds is 3. The lowest BCUT2D eigenvalue weighted by Gasteiger charge is -2.23. The van der Waals surface area contributed by atoms with E-state index >= 15 is 0 Å². The first-order chi connectivity index (χ1) is 11.6. The Labute approximate surface area is 140 Å². The zero-order chi connectivity index (χ0) is 16.7. The van der Waals surface area contributed by atoms with Gasteiger partial charge in [0.05, 0.1) is 11.0 Å². The van der Waals surface area contributed by atoms with Crippen LogP contribution in [0.2, 0.25) is 0 Å². The molecule has 1 atom stereocenters. The molecule has 24 heavy (non-hydrogen) atoms. The molecule has 1 unspecified atom stereocenters. The van der Waals surface area contributed by atoms with Crippen molar-refractivity contribution in [3.8, 4) is 0 Å². The topological polar surface area (TPSA) is 70.8 Å². The Balaban J connectivity index is 1.56. The van der Waals surface area contributed by atoms with Crippen LogP contribution in [0.3, 0.4) is 0 Å². The number of pyridine rings is 1. The number of carbonyl (C=O) groups is 2. The molecule has 4 heterocycles. The molecule has 0 radical (unpaired) electrons. The van der Waals surface area contributed by atoms with Gasteiger partial charge in [-0.3, -0.25) is 14.0 Å². The molecule has 0 bridgehead atoms. The van der Waals surface area contributed by atoms with Gasteiger partial charge in [-0.25, -0.2) is 0 Å². The maximum Gasteiger partial charge on any atom is 0.257 e. The maximum atomic E-state index is 12.9. The summed E-state index contributed by atoms with van der Waals surface area (Å²) in [6.07, 6.45) is 5.99. The molecule has 0 aliphatic carbocycles. The number of aromatic nitrogens is 3. The largest absolute Gasteiger partial charge is 0.342 e. The van der Waals surface area contributed by atoms with Crippen LogP contribution in [0.4, 0.5) is 0 Å².